The van der Waals surface area contributed by atoms with E-state index in [0.29, 0.717) is 10.6 Å². The smallest absolute Gasteiger partial charge is 0.161 e. The van der Waals surface area contributed by atoms with Gasteiger partial charge in [-0.3, -0.25) is 4.79 Å². The molecule has 1 aromatic rings. The molecule has 0 saturated carbocycles. The highest BCUT2D eigenvalue weighted by molar-refractivity contribution is 6.34. The zero-order chi connectivity index (χ0) is 13.1. The summed E-state index contributed by atoms with van der Waals surface area (Å²) in [5, 5.41) is 0.568. The number of hydrogen-bond donors (Lipinski definition) is 0. The van der Waals surface area contributed by atoms with Crippen molar-refractivity contribution < 1.29 is 4.79 Å². The molecule has 1 unspecified atom stereocenters. The van der Waals surface area contributed by atoms with E-state index in [1.165, 1.54) is 19.3 Å². The van der Waals surface area contributed by atoms with Crippen molar-refractivity contribution in [2.24, 2.45) is 5.92 Å². The van der Waals surface area contributed by atoms with E-state index in [2.05, 4.69) is 11.8 Å². The Kier molecular flexibility index (Phi) is 4.28. The van der Waals surface area contributed by atoms with Gasteiger partial charge in [-0.05, 0) is 43.9 Å². The van der Waals surface area contributed by atoms with E-state index in [4.69, 9.17) is 11.6 Å². The van der Waals surface area contributed by atoms with Gasteiger partial charge in [0.25, 0.3) is 0 Å². The van der Waals surface area contributed by atoms with Gasteiger partial charge in [-0.25, -0.2) is 0 Å². The Morgan fingerprint density at radius 1 is 1.50 bits per heavy atom. The summed E-state index contributed by atoms with van der Waals surface area (Å²) in [6.07, 6.45) is 3.82. The number of rotatable bonds is 4. The standard InChI is InChI=1S/C15H20ClNO/c1-3-4-12-7-8-17(10-12)13-5-6-14(11(2)18)15(16)9-13/h5-6,9,12H,3-4,7-8,10H2,1-2H3. The molecule has 0 spiro atoms. The van der Waals surface area contributed by atoms with Gasteiger partial charge in [0.2, 0.25) is 0 Å². The molecule has 0 N–H and O–H groups in total. The van der Waals surface area contributed by atoms with E-state index in [1.54, 1.807) is 6.92 Å². The van der Waals surface area contributed by atoms with Gasteiger partial charge < -0.3 is 4.90 Å². The van der Waals surface area contributed by atoms with Crippen LogP contribution < -0.4 is 4.90 Å². The number of halogens is 1. The third-order valence-corrected chi connectivity index (χ3v) is 3.99. The zero-order valence-corrected chi connectivity index (χ0v) is 11.8. The van der Waals surface area contributed by atoms with Crippen LogP contribution in [0.4, 0.5) is 5.69 Å². The Morgan fingerprint density at radius 3 is 2.89 bits per heavy atom. The highest BCUT2D eigenvalue weighted by Crippen LogP contribution is 2.29. The third-order valence-electron chi connectivity index (χ3n) is 3.68. The Hall–Kier alpha value is -1.02. The molecule has 2 nitrogen and oxygen atoms in total. The number of anilines is 1. The van der Waals surface area contributed by atoms with Crippen molar-refractivity contribution in [1.29, 1.82) is 0 Å². The predicted molar refractivity (Wildman–Crippen MR) is 76.7 cm³/mol. The number of ketones is 1. The van der Waals surface area contributed by atoms with Crippen LogP contribution in [-0.2, 0) is 0 Å². The number of benzene rings is 1. The lowest BCUT2D eigenvalue weighted by Crippen LogP contribution is -2.19. The molecule has 0 amide bonds. The Bertz CT molecular complexity index is 444. The molecule has 1 saturated heterocycles. The number of Topliss-reactive ketones (excluding diaryl/α,β-unsaturated/α-hetero) is 1. The summed E-state index contributed by atoms with van der Waals surface area (Å²) in [4.78, 5) is 13.7. The largest absolute Gasteiger partial charge is 0.371 e. The molecule has 0 aromatic heterocycles. The first kappa shape index (κ1) is 13.4. The van der Waals surface area contributed by atoms with Crippen molar-refractivity contribution in [1.82, 2.24) is 0 Å². The lowest BCUT2D eigenvalue weighted by Gasteiger charge is -2.19. The SMILES string of the molecule is CCCC1CCN(c2ccc(C(C)=O)c(Cl)c2)C1. The average molecular weight is 266 g/mol. The van der Waals surface area contributed by atoms with Crippen molar-refractivity contribution in [3.8, 4) is 0 Å². The minimum Gasteiger partial charge on any atom is -0.371 e. The molecule has 1 fully saturated rings. The highest BCUT2D eigenvalue weighted by atomic mass is 35.5. The first-order chi connectivity index (χ1) is 8.61. The fourth-order valence-corrected chi connectivity index (χ4v) is 3.01. The molecule has 98 valence electrons. The molecule has 1 heterocycles. The highest BCUT2D eigenvalue weighted by Gasteiger charge is 2.22. The summed E-state index contributed by atoms with van der Waals surface area (Å²) in [5.74, 6) is 0.832. The maximum absolute atomic E-state index is 11.3. The molecule has 1 aliphatic heterocycles. The van der Waals surface area contributed by atoms with Crippen LogP contribution in [0.15, 0.2) is 18.2 Å². The van der Waals surface area contributed by atoms with Crippen LogP contribution in [0.1, 0.15) is 43.5 Å². The molecule has 0 radical (unpaired) electrons. The van der Waals surface area contributed by atoms with Crippen LogP contribution in [0, 0.1) is 5.92 Å². The fraction of sp³-hybridized carbons (Fsp3) is 0.533. The topological polar surface area (TPSA) is 20.3 Å². The number of hydrogen-bond acceptors (Lipinski definition) is 2. The van der Waals surface area contributed by atoms with Gasteiger partial charge in [-0.1, -0.05) is 24.9 Å². The normalized spacial score (nSPS) is 19.3. The second kappa shape index (κ2) is 5.75. The summed E-state index contributed by atoms with van der Waals surface area (Å²) in [5.41, 5.74) is 1.76. The maximum Gasteiger partial charge on any atom is 0.161 e. The zero-order valence-electron chi connectivity index (χ0n) is 11.1. The van der Waals surface area contributed by atoms with E-state index < -0.39 is 0 Å². The third kappa shape index (κ3) is 2.86. The van der Waals surface area contributed by atoms with Gasteiger partial charge >= 0.3 is 0 Å². The molecule has 1 aromatic carbocycles. The number of nitrogens with zero attached hydrogens (tertiary/aromatic N) is 1. The van der Waals surface area contributed by atoms with E-state index in [0.717, 1.165) is 24.7 Å². The van der Waals surface area contributed by atoms with Crippen molar-refractivity contribution in [3.05, 3.63) is 28.8 Å². The van der Waals surface area contributed by atoms with Crippen LogP contribution in [0.5, 0.6) is 0 Å². The molecule has 18 heavy (non-hydrogen) atoms. The molecule has 1 atom stereocenters. The summed E-state index contributed by atoms with van der Waals surface area (Å²) >= 11 is 6.15. The van der Waals surface area contributed by atoms with E-state index >= 15 is 0 Å². The van der Waals surface area contributed by atoms with Gasteiger partial charge in [0.05, 0.1) is 5.02 Å². The summed E-state index contributed by atoms with van der Waals surface area (Å²) < 4.78 is 0. The molecule has 3 heteroatoms. The van der Waals surface area contributed by atoms with Crippen LogP contribution in [-0.4, -0.2) is 18.9 Å². The molecule has 0 bridgehead atoms. The Morgan fingerprint density at radius 2 is 2.28 bits per heavy atom. The van der Waals surface area contributed by atoms with E-state index in [1.807, 2.05) is 18.2 Å². The van der Waals surface area contributed by atoms with Gasteiger partial charge in [-0.2, -0.15) is 0 Å². The number of carbonyl (C=O) groups excluding carboxylic acids is 1. The number of carbonyl (C=O) groups is 1. The minimum absolute atomic E-state index is 0.0248. The van der Waals surface area contributed by atoms with Crippen molar-refractivity contribution in [3.63, 3.8) is 0 Å². The molecule has 0 aliphatic carbocycles. The van der Waals surface area contributed by atoms with Crippen LogP contribution in [0.25, 0.3) is 0 Å². The summed E-state index contributed by atoms with van der Waals surface area (Å²) in [6, 6.07) is 5.77. The minimum atomic E-state index is 0.0248. The van der Waals surface area contributed by atoms with Crippen molar-refractivity contribution >= 4 is 23.1 Å². The van der Waals surface area contributed by atoms with Gasteiger partial charge in [-0.15, -0.1) is 0 Å². The van der Waals surface area contributed by atoms with Gasteiger partial charge in [0.1, 0.15) is 0 Å². The Balaban J connectivity index is 2.11. The Labute approximate surface area is 114 Å². The van der Waals surface area contributed by atoms with Crippen LogP contribution >= 0.6 is 11.6 Å². The van der Waals surface area contributed by atoms with E-state index in [9.17, 15) is 4.79 Å². The van der Waals surface area contributed by atoms with Crippen molar-refractivity contribution in [2.75, 3.05) is 18.0 Å². The summed E-state index contributed by atoms with van der Waals surface area (Å²) in [6.45, 7) is 6.00. The van der Waals surface area contributed by atoms with E-state index in [-0.39, 0.29) is 5.78 Å². The van der Waals surface area contributed by atoms with Crippen molar-refractivity contribution in [2.45, 2.75) is 33.1 Å². The van der Waals surface area contributed by atoms with Crippen LogP contribution in [0.2, 0.25) is 5.02 Å². The molecular formula is C15H20ClNO. The predicted octanol–water partition coefficient (Wildman–Crippen LogP) is 4.17. The van der Waals surface area contributed by atoms with Gasteiger partial charge in [0.15, 0.2) is 5.78 Å². The first-order valence-electron chi connectivity index (χ1n) is 6.67. The second-order valence-corrected chi connectivity index (χ2v) is 5.52. The molecule has 1 aliphatic rings. The molecule has 2 rings (SSSR count). The summed E-state index contributed by atoms with van der Waals surface area (Å²) in [7, 11) is 0. The average Bonchev–Trinajstić information content (AvgIpc) is 2.77. The van der Waals surface area contributed by atoms with Gasteiger partial charge in [0, 0.05) is 24.3 Å². The second-order valence-electron chi connectivity index (χ2n) is 5.11. The lowest BCUT2D eigenvalue weighted by molar-refractivity contribution is 0.101. The van der Waals surface area contributed by atoms with Crippen LogP contribution in [0.3, 0.4) is 0 Å². The quantitative estimate of drug-likeness (QED) is 0.762. The first-order valence-corrected chi connectivity index (χ1v) is 7.05. The lowest BCUT2D eigenvalue weighted by atomic mass is 10.0. The fourth-order valence-electron chi connectivity index (χ4n) is 2.70. The molecular weight excluding hydrogens is 246 g/mol. The monoisotopic (exact) mass is 265 g/mol. The maximum atomic E-state index is 11.3.